The molecule has 254 valence electrons. The first-order chi connectivity index (χ1) is 21.4. The van der Waals surface area contributed by atoms with Crippen molar-refractivity contribution in [3.05, 3.63) is 46.6 Å². The molecule has 1 atom stereocenters. The van der Waals surface area contributed by atoms with Crippen molar-refractivity contribution < 1.29 is 28.5 Å². The largest absolute Gasteiger partial charge is 0.463 e. The molecule has 1 heterocycles. The number of allylic oxidation sites excluding steroid dienone is 7. The number of unbranched alkanes of at least 4 members (excludes halogenated alkanes) is 1. The van der Waals surface area contributed by atoms with Crippen molar-refractivity contribution in [3.63, 3.8) is 0 Å². The molecule has 1 rings (SSSR count). The molecule has 8 heteroatoms. The van der Waals surface area contributed by atoms with Crippen LogP contribution in [0.1, 0.15) is 105 Å². The molecule has 0 N–H and O–H groups in total. The van der Waals surface area contributed by atoms with Gasteiger partial charge in [0.05, 0.1) is 52.9 Å². The van der Waals surface area contributed by atoms with Gasteiger partial charge in [-0.3, -0.25) is 4.79 Å². The number of esters is 1. The molecule has 0 radical (unpaired) electrons. The highest BCUT2D eigenvalue weighted by molar-refractivity contribution is 8.77. The van der Waals surface area contributed by atoms with Gasteiger partial charge in [0.1, 0.15) is 6.61 Å². The van der Waals surface area contributed by atoms with E-state index in [1.54, 1.807) is 0 Å². The van der Waals surface area contributed by atoms with Crippen molar-refractivity contribution >= 4 is 27.6 Å². The molecule has 0 amide bonds. The molecule has 0 aliphatic carbocycles. The summed E-state index contributed by atoms with van der Waals surface area (Å²) in [4.78, 5) is 11.8. The Morgan fingerprint density at radius 3 is 1.70 bits per heavy atom. The summed E-state index contributed by atoms with van der Waals surface area (Å²) in [6.45, 7) is 15.5. The number of rotatable bonds is 28. The van der Waals surface area contributed by atoms with Gasteiger partial charge < -0.3 is 23.7 Å². The SMILES string of the molecule is CC(C)=CCC/C(C)=C/CC/C(C)=C/CC/C(C)=C/COCCOCCOCCOCCOC(=O)CCCC[C@@H]1CCSS1. The second-order valence-electron chi connectivity index (χ2n) is 11.8. The Morgan fingerprint density at radius 1 is 0.636 bits per heavy atom. The summed E-state index contributed by atoms with van der Waals surface area (Å²) in [7, 11) is 3.96. The number of carbonyl (C=O) groups excluding carboxylic acids is 1. The van der Waals surface area contributed by atoms with Crippen molar-refractivity contribution in [2.45, 2.75) is 110 Å². The lowest BCUT2D eigenvalue weighted by molar-refractivity contribution is -0.145. The Kier molecular flexibility index (Phi) is 27.4. The molecule has 0 aromatic heterocycles. The maximum Gasteiger partial charge on any atom is 0.305 e. The lowest BCUT2D eigenvalue weighted by Gasteiger charge is -2.08. The number of hydrogen-bond donors (Lipinski definition) is 0. The number of carbonyl (C=O) groups is 1. The lowest BCUT2D eigenvalue weighted by atomic mass is 10.0. The van der Waals surface area contributed by atoms with Gasteiger partial charge >= 0.3 is 5.97 Å². The van der Waals surface area contributed by atoms with E-state index in [0.29, 0.717) is 65.9 Å². The van der Waals surface area contributed by atoms with E-state index < -0.39 is 0 Å². The van der Waals surface area contributed by atoms with E-state index in [2.05, 4.69) is 58.9 Å². The third-order valence-corrected chi connectivity index (χ3v) is 10.2. The molecule has 0 spiro atoms. The zero-order valence-electron chi connectivity index (χ0n) is 28.5. The van der Waals surface area contributed by atoms with Gasteiger partial charge in [0.25, 0.3) is 0 Å². The minimum absolute atomic E-state index is 0.125. The second kappa shape index (κ2) is 29.4. The van der Waals surface area contributed by atoms with Crippen molar-refractivity contribution in [2.75, 3.05) is 65.2 Å². The summed E-state index contributed by atoms with van der Waals surface area (Å²) in [5.41, 5.74) is 5.74. The quantitative estimate of drug-likeness (QED) is 0.0358. The predicted octanol–water partition coefficient (Wildman–Crippen LogP) is 9.46. The van der Waals surface area contributed by atoms with Crippen LogP contribution in [0.4, 0.5) is 0 Å². The van der Waals surface area contributed by atoms with Crippen molar-refractivity contribution in [3.8, 4) is 0 Å². The van der Waals surface area contributed by atoms with Gasteiger partial charge in [0.2, 0.25) is 0 Å². The minimum Gasteiger partial charge on any atom is -0.463 e. The average molecular weight is 655 g/mol. The first kappa shape index (κ1) is 41.0. The van der Waals surface area contributed by atoms with Crippen LogP contribution >= 0.6 is 21.6 Å². The van der Waals surface area contributed by atoms with Gasteiger partial charge in [0.15, 0.2) is 0 Å². The highest BCUT2D eigenvalue weighted by Crippen LogP contribution is 2.39. The highest BCUT2D eigenvalue weighted by atomic mass is 33.1. The average Bonchev–Trinajstić information content (AvgIpc) is 3.51. The second-order valence-corrected chi connectivity index (χ2v) is 14.5. The molecule has 0 aromatic carbocycles. The summed E-state index contributed by atoms with van der Waals surface area (Å²) in [5, 5.41) is 0.776. The molecule has 0 aromatic rings. The van der Waals surface area contributed by atoms with E-state index in [9.17, 15) is 4.79 Å². The van der Waals surface area contributed by atoms with Crippen LogP contribution in [0.25, 0.3) is 0 Å². The number of hydrogen-bond acceptors (Lipinski definition) is 8. The smallest absolute Gasteiger partial charge is 0.305 e. The van der Waals surface area contributed by atoms with Crippen LogP contribution < -0.4 is 0 Å². The van der Waals surface area contributed by atoms with Gasteiger partial charge in [0, 0.05) is 17.4 Å². The monoisotopic (exact) mass is 654 g/mol. The zero-order valence-corrected chi connectivity index (χ0v) is 30.1. The topological polar surface area (TPSA) is 63.2 Å². The van der Waals surface area contributed by atoms with E-state index in [-0.39, 0.29) is 5.97 Å². The summed E-state index contributed by atoms with van der Waals surface area (Å²) in [5.74, 6) is 1.14. The molecule has 1 saturated heterocycles. The number of ether oxygens (including phenoxy) is 5. The fourth-order valence-electron chi connectivity index (χ4n) is 4.42. The molecule has 6 nitrogen and oxygen atoms in total. The fourth-order valence-corrected chi connectivity index (χ4v) is 7.45. The van der Waals surface area contributed by atoms with Crippen molar-refractivity contribution in [1.82, 2.24) is 0 Å². The molecule has 44 heavy (non-hydrogen) atoms. The van der Waals surface area contributed by atoms with E-state index in [1.807, 2.05) is 21.6 Å². The molecule has 0 unspecified atom stereocenters. The van der Waals surface area contributed by atoms with E-state index in [4.69, 9.17) is 23.7 Å². The Labute approximate surface area is 277 Å². The van der Waals surface area contributed by atoms with E-state index in [0.717, 1.165) is 50.2 Å². The van der Waals surface area contributed by atoms with Gasteiger partial charge in [-0.25, -0.2) is 0 Å². The molecule has 1 fully saturated rings. The van der Waals surface area contributed by atoms with Crippen LogP contribution in [0.2, 0.25) is 0 Å². The summed E-state index contributed by atoms with van der Waals surface area (Å²) in [6, 6.07) is 0. The standard InChI is InChI=1S/C36H62O6S2/c1-31(2)11-8-12-32(3)13-9-14-33(4)15-10-16-34(5)19-21-38-22-23-39-24-25-40-26-27-41-28-29-42-36(37)18-7-6-17-35-20-30-43-44-35/h11,13,15,19,35H,6-10,12,14,16-18,20-30H2,1-5H3/b32-13+,33-15+,34-19+/t35-/m1/s1. The maximum atomic E-state index is 11.8. The van der Waals surface area contributed by atoms with Crippen LogP contribution in [0.5, 0.6) is 0 Å². The molecular weight excluding hydrogens is 593 g/mol. The summed E-state index contributed by atoms with van der Waals surface area (Å²) >= 11 is 0. The van der Waals surface area contributed by atoms with Crippen molar-refractivity contribution in [2.24, 2.45) is 0 Å². The van der Waals surface area contributed by atoms with Gasteiger partial charge in [-0.15, -0.1) is 0 Å². The molecular formula is C36H62O6S2. The zero-order chi connectivity index (χ0) is 32.1. The van der Waals surface area contributed by atoms with Gasteiger partial charge in [-0.1, -0.05) is 74.6 Å². The Hall–Kier alpha value is -1.03. The van der Waals surface area contributed by atoms with Crippen LogP contribution in [0.15, 0.2) is 46.6 Å². The third-order valence-electron chi connectivity index (χ3n) is 7.19. The Balaban J connectivity index is 1.85. The highest BCUT2D eigenvalue weighted by Gasteiger charge is 2.16. The predicted molar refractivity (Wildman–Crippen MR) is 190 cm³/mol. The summed E-state index contributed by atoms with van der Waals surface area (Å²) in [6.07, 6.45) is 21.0. The molecule has 1 aliphatic heterocycles. The third kappa shape index (κ3) is 27.3. The maximum absolute atomic E-state index is 11.8. The Bertz CT molecular complexity index is 842. The van der Waals surface area contributed by atoms with Crippen molar-refractivity contribution in [1.29, 1.82) is 0 Å². The van der Waals surface area contributed by atoms with Crippen LogP contribution in [-0.4, -0.2) is 76.4 Å². The van der Waals surface area contributed by atoms with Gasteiger partial charge in [-0.05, 0) is 92.4 Å². The summed E-state index contributed by atoms with van der Waals surface area (Å²) < 4.78 is 27.4. The molecule has 1 aliphatic rings. The van der Waals surface area contributed by atoms with Crippen LogP contribution in [0.3, 0.4) is 0 Å². The fraction of sp³-hybridized carbons (Fsp3) is 0.750. The van der Waals surface area contributed by atoms with E-state index >= 15 is 0 Å². The first-order valence-corrected chi connectivity index (χ1v) is 19.1. The normalized spacial score (nSPS) is 16.0. The van der Waals surface area contributed by atoms with Crippen LogP contribution in [-0.2, 0) is 28.5 Å². The lowest BCUT2D eigenvalue weighted by Crippen LogP contribution is -2.14. The van der Waals surface area contributed by atoms with E-state index in [1.165, 1.54) is 47.3 Å². The first-order valence-electron chi connectivity index (χ1n) is 16.7. The molecule has 0 bridgehead atoms. The van der Waals surface area contributed by atoms with Crippen LogP contribution in [0, 0.1) is 0 Å². The minimum atomic E-state index is -0.125. The Morgan fingerprint density at radius 2 is 1.16 bits per heavy atom. The van der Waals surface area contributed by atoms with Gasteiger partial charge in [-0.2, -0.15) is 0 Å². The molecule has 0 saturated carbocycles.